The highest BCUT2D eigenvalue weighted by Crippen LogP contribution is 2.62. The topological polar surface area (TPSA) is 17.1 Å². The second kappa shape index (κ2) is 2.02. The van der Waals surface area contributed by atoms with Crippen molar-refractivity contribution >= 4 is 6.29 Å². The number of hydrogen-bond acceptors (Lipinski definition) is 1. The van der Waals surface area contributed by atoms with E-state index in [0.717, 1.165) is 6.29 Å². The van der Waals surface area contributed by atoms with Crippen molar-refractivity contribution in [3.8, 4) is 0 Å². The van der Waals surface area contributed by atoms with Crippen LogP contribution in [0.4, 0.5) is 8.78 Å². The first-order valence-corrected chi connectivity index (χ1v) is 3.99. The molecule has 0 radical (unpaired) electrons. The van der Waals surface area contributed by atoms with E-state index in [1.165, 1.54) is 0 Å². The second-order valence-electron chi connectivity index (χ2n) is 3.60. The fourth-order valence-corrected chi connectivity index (χ4v) is 2.14. The predicted molar refractivity (Wildman–Crippen MR) is 35.3 cm³/mol. The number of halogens is 2. The Labute approximate surface area is 63.8 Å². The van der Waals surface area contributed by atoms with Crippen LogP contribution in [0.5, 0.6) is 0 Å². The molecular formula is C8H10F2O. The zero-order valence-electron chi connectivity index (χ0n) is 6.09. The number of rotatable bonds is 1. The van der Waals surface area contributed by atoms with Crippen LogP contribution >= 0.6 is 0 Å². The average molecular weight is 160 g/mol. The van der Waals surface area contributed by atoms with Crippen LogP contribution in [0.2, 0.25) is 0 Å². The van der Waals surface area contributed by atoms with Gasteiger partial charge in [0, 0.05) is 17.8 Å². The van der Waals surface area contributed by atoms with Gasteiger partial charge in [0.1, 0.15) is 6.29 Å². The molecule has 2 rings (SSSR count). The molecule has 3 atom stereocenters. The van der Waals surface area contributed by atoms with E-state index in [4.69, 9.17) is 0 Å². The fourth-order valence-electron chi connectivity index (χ4n) is 2.14. The van der Waals surface area contributed by atoms with Crippen LogP contribution in [0, 0.1) is 17.8 Å². The van der Waals surface area contributed by atoms with Gasteiger partial charge in [0.05, 0.1) is 0 Å². The van der Waals surface area contributed by atoms with Crippen molar-refractivity contribution in [2.24, 2.45) is 17.8 Å². The number of carbonyl (C=O) groups excluding carboxylic acids is 1. The Balaban J connectivity index is 2.02. The standard InChI is InChI=1S/C8H10F2O/c9-8(10)6-2-1-5(4-11)3-7(6)8/h4-7H,1-3H2. The first-order chi connectivity index (χ1) is 5.16. The lowest BCUT2D eigenvalue weighted by molar-refractivity contribution is -0.111. The minimum atomic E-state index is -2.43. The van der Waals surface area contributed by atoms with Gasteiger partial charge < -0.3 is 4.79 Å². The van der Waals surface area contributed by atoms with E-state index in [2.05, 4.69) is 0 Å². The maximum Gasteiger partial charge on any atom is 0.254 e. The summed E-state index contributed by atoms with van der Waals surface area (Å²) < 4.78 is 25.4. The van der Waals surface area contributed by atoms with Crippen LogP contribution in [0.15, 0.2) is 0 Å². The average Bonchev–Trinajstić information content (AvgIpc) is 2.55. The lowest BCUT2D eigenvalue weighted by Crippen LogP contribution is -2.09. The van der Waals surface area contributed by atoms with Gasteiger partial charge in [-0.05, 0) is 19.3 Å². The van der Waals surface area contributed by atoms with Gasteiger partial charge in [0.15, 0.2) is 0 Å². The van der Waals surface area contributed by atoms with Crippen molar-refractivity contribution in [3.63, 3.8) is 0 Å². The molecule has 2 aliphatic rings. The van der Waals surface area contributed by atoms with Crippen LogP contribution in [0.1, 0.15) is 19.3 Å². The highest BCUT2D eigenvalue weighted by atomic mass is 19.3. The van der Waals surface area contributed by atoms with E-state index >= 15 is 0 Å². The van der Waals surface area contributed by atoms with Crippen molar-refractivity contribution in [1.82, 2.24) is 0 Å². The molecular weight excluding hydrogens is 150 g/mol. The molecule has 62 valence electrons. The van der Waals surface area contributed by atoms with Crippen molar-refractivity contribution < 1.29 is 13.6 Å². The molecule has 3 heteroatoms. The molecule has 0 heterocycles. The molecule has 0 N–H and O–H groups in total. The van der Waals surface area contributed by atoms with Gasteiger partial charge in [-0.25, -0.2) is 8.78 Å². The molecule has 0 aromatic carbocycles. The van der Waals surface area contributed by atoms with E-state index in [9.17, 15) is 13.6 Å². The summed E-state index contributed by atoms with van der Waals surface area (Å²) in [4.78, 5) is 10.3. The largest absolute Gasteiger partial charge is 0.303 e. The molecule has 3 unspecified atom stereocenters. The van der Waals surface area contributed by atoms with E-state index in [1.54, 1.807) is 0 Å². The Hall–Kier alpha value is -0.470. The molecule has 2 fully saturated rings. The molecule has 2 saturated carbocycles. The minimum absolute atomic E-state index is 0.0929. The normalized spacial score (nSPS) is 46.2. The summed E-state index contributed by atoms with van der Waals surface area (Å²) in [5, 5.41) is 0. The van der Waals surface area contributed by atoms with E-state index < -0.39 is 17.8 Å². The molecule has 0 saturated heterocycles. The lowest BCUT2D eigenvalue weighted by Gasteiger charge is -2.12. The number of fused-ring (bicyclic) bond motifs is 1. The zero-order valence-corrected chi connectivity index (χ0v) is 6.09. The van der Waals surface area contributed by atoms with Crippen LogP contribution in [0.25, 0.3) is 0 Å². The van der Waals surface area contributed by atoms with Gasteiger partial charge in [0.2, 0.25) is 0 Å². The molecule has 2 aliphatic carbocycles. The Bertz CT molecular complexity index is 191. The van der Waals surface area contributed by atoms with Gasteiger partial charge >= 0.3 is 0 Å². The van der Waals surface area contributed by atoms with Crippen LogP contribution in [-0.4, -0.2) is 12.2 Å². The molecule has 0 bridgehead atoms. The smallest absolute Gasteiger partial charge is 0.254 e. The molecule has 1 nitrogen and oxygen atoms in total. The third-order valence-electron chi connectivity index (χ3n) is 2.96. The monoisotopic (exact) mass is 160 g/mol. The predicted octanol–water partition coefficient (Wildman–Crippen LogP) is 1.87. The molecule has 0 amide bonds. The van der Waals surface area contributed by atoms with Crippen LogP contribution in [0.3, 0.4) is 0 Å². The summed E-state index contributed by atoms with van der Waals surface area (Å²) >= 11 is 0. The van der Waals surface area contributed by atoms with Crippen molar-refractivity contribution in [2.75, 3.05) is 0 Å². The quantitative estimate of drug-likeness (QED) is 0.535. The Morgan fingerprint density at radius 3 is 2.55 bits per heavy atom. The SMILES string of the molecule is O=CC1CCC2C(C1)C2(F)F. The molecule has 0 aromatic rings. The highest BCUT2D eigenvalue weighted by molar-refractivity contribution is 5.54. The van der Waals surface area contributed by atoms with Crippen LogP contribution in [-0.2, 0) is 4.79 Å². The maximum atomic E-state index is 12.7. The Kier molecular flexibility index (Phi) is 1.32. The fraction of sp³-hybridized carbons (Fsp3) is 0.875. The van der Waals surface area contributed by atoms with Crippen LogP contribution < -0.4 is 0 Å². The van der Waals surface area contributed by atoms with E-state index in [1.807, 2.05) is 0 Å². The molecule has 0 spiro atoms. The third-order valence-corrected chi connectivity index (χ3v) is 2.96. The molecule has 0 aliphatic heterocycles. The Morgan fingerprint density at radius 2 is 2.00 bits per heavy atom. The lowest BCUT2D eigenvalue weighted by atomic mass is 9.91. The molecule has 11 heavy (non-hydrogen) atoms. The second-order valence-corrected chi connectivity index (χ2v) is 3.60. The van der Waals surface area contributed by atoms with Crippen molar-refractivity contribution in [1.29, 1.82) is 0 Å². The third kappa shape index (κ3) is 0.898. The number of hydrogen-bond donors (Lipinski definition) is 0. The summed E-state index contributed by atoms with van der Waals surface area (Å²) in [7, 11) is 0. The van der Waals surface area contributed by atoms with Gasteiger partial charge in [-0.15, -0.1) is 0 Å². The first-order valence-electron chi connectivity index (χ1n) is 3.99. The van der Waals surface area contributed by atoms with Gasteiger partial charge in [-0.2, -0.15) is 0 Å². The number of alkyl halides is 2. The van der Waals surface area contributed by atoms with Gasteiger partial charge in [0.25, 0.3) is 5.92 Å². The maximum absolute atomic E-state index is 12.7. The van der Waals surface area contributed by atoms with E-state index in [-0.39, 0.29) is 5.92 Å². The van der Waals surface area contributed by atoms with E-state index in [0.29, 0.717) is 19.3 Å². The summed E-state index contributed by atoms with van der Waals surface area (Å²) in [5.41, 5.74) is 0. The van der Waals surface area contributed by atoms with Crippen molar-refractivity contribution in [2.45, 2.75) is 25.2 Å². The van der Waals surface area contributed by atoms with Crippen molar-refractivity contribution in [3.05, 3.63) is 0 Å². The van der Waals surface area contributed by atoms with Gasteiger partial charge in [-0.3, -0.25) is 0 Å². The number of carbonyl (C=O) groups is 1. The zero-order chi connectivity index (χ0) is 8.06. The highest BCUT2D eigenvalue weighted by Gasteiger charge is 2.68. The summed E-state index contributed by atoms with van der Waals surface area (Å²) in [6.07, 6.45) is 2.45. The minimum Gasteiger partial charge on any atom is -0.303 e. The first kappa shape index (κ1) is 7.19. The summed E-state index contributed by atoms with van der Waals surface area (Å²) in [6.45, 7) is 0. The molecule has 0 aromatic heterocycles. The summed E-state index contributed by atoms with van der Waals surface area (Å²) in [6, 6.07) is 0. The Morgan fingerprint density at radius 1 is 1.27 bits per heavy atom. The summed E-state index contributed by atoms with van der Waals surface area (Å²) in [5.74, 6) is -3.38. The van der Waals surface area contributed by atoms with Gasteiger partial charge in [-0.1, -0.05) is 0 Å². The number of aldehydes is 1.